The monoisotopic (exact) mass is 295 g/mol. The van der Waals surface area contributed by atoms with Gasteiger partial charge in [0.25, 0.3) is 11.8 Å². The molecule has 0 aromatic heterocycles. The summed E-state index contributed by atoms with van der Waals surface area (Å²) in [6.07, 6.45) is 0.677. The molecule has 0 spiro atoms. The molecule has 0 radical (unpaired) electrons. The molecule has 0 unspecified atom stereocenters. The summed E-state index contributed by atoms with van der Waals surface area (Å²) in [4.78, 5) is 37.4. The Morgan fingerprint density at radius 1 is 1.05 bits per heavy atom. The lowest BCUT2D eigenvalue weighted by Crippen LogP contribution is -2.31. The van der Waals surface area contributed by atoms with E-state index in [9.17, 15) is 19.5 Å². The molecule has 0 fully saturated rings. The van der Waals surface area contributed by atoms with Crippen molar-refractivity contribution in [2.24, 2.45) is 0 Å². The van der Waals surface area contributed by atoms with E-state index < -0.39 is 17.8 Å². The summed E-state index contributed by atoms with van der Waals surface area (Å²) in [5.41, 5.74) is 1.51. The number of carboxylic acids is 1. The quantitative estimate of drug-likeness (QED) is 0.883. The third-order valence-corrected chi connectivity index (χ3v) is 3.74. The van der Waals surface area contributed by atoms with Crippen molar-refractivity contribution in [1.29, 1.82) is 0 Å². The molecule has 22 heavy (non-hydrogen) atoms. The highest BCUT2D eigenvalue weighted by Crippen LogP contribution is 2.31. The van der Waals surface area contributed by atoms with E-state index in [-0.39, 0.29) is 11.3 Å². The molecule has 0 bridgehead atoms. The number of carbonyl (C=O) groups is 3. The summed E-state index contributed by atoms with van der Waals surface area (Å²) in [7, 11) is 0. The van der Waals surface area contributed by atoms with Gasteiger partial charge >= 0.3 is 5.97 Å². The maximum atomic E-state index is 12.5. The lowest BCUT2D eigenvalue weighted by Gasteiger charge is -2.17. The van der Waals surface area contributed by atoms with E-state index >= 15 is 0 Å². The van der Waals surface area contributed by atoms with Crippen LogP contribution in [0.2, 0.25) is 0 Å². The highest BCUT2D eigenvalue weighted by Gasteiger charge is 2.38. The third-order valence-electron chi connectivity index (χ3n) is 3.74. The van der Waals surface area contributed by atoms with Crippen LogP contribution in [0.25, 0.3) is 0 Å². The van der Waals surface area contributed by atoms with Crippen LogP contribution in [0, 0.1) is 0 Å². The number of fused-ring (bicyclic) bond motifs is 1. The minimum Gasteiger partial charge on any atom is -0.478 e. The van der Waals surface area contributed by atoms with Gasteiger partial charge in [0.1, 0.15) is 0 Å². The lowest BCUT2D eigenvalue weighted by molar-refractivity contribution is 0.0698. The zero-order valence-corrected chi connectivity index (χ0v) is 11.9. The van der Waals surface area contributed by atoms with Crippen LogP contribution in [0.1, 0.15) is 43.6 Å². The normalized spacial score (nSPS) is 13.4. The van der Waals surface area contributed by atoms with E-state index in [1.54, 1.807) is 36.4 Å². The van der Waals surface area contributed by atoms with Gasteiger partial charge in [0.2, 0.25) is 0 Å². The summed E-state index contributed by atoms with van der Waals surface area (Å²) < 4.78 is 0. The van der Waals surface area contributed by atoms with E-state index in [1.165, 1.54) is 6.07 Å². The van der Waals surface area contributed by atoms with Crippen molar-refractivity contribution >= 4 is 23.5 Å². The molecule has 1 heterocycles. The predicted molar refractivity (Wildman–Crippen MR) is 80.4 cm³/mol. The van der Waals surface area contributed by atoms with Gasteiger partial charge in [0, 0.05) is 0 Å². The largest absolute Gasteiger partial charge is 0.478 e. The fraction of sp³-hybridized carbons (Fsp3) is 0.118. The van der Waals surface area contributed by atoms with E-state index in [0.717, 1.165) is 10.5 Å². The Labute approximate surface area is 126 Å². The van der Waals surface area contributed by atoms with Crippen molar-refractivity contribution in [3.8, 4) is 0 Å². The van der Waals surface area contributed by atoms with Crippen molar-refractivity contribution in [1.82, 2.24) is 0 Å². The van der Waals surface area contributed by atoms with Gasteiger partial charge < -0.3 is 5.11 Å². The molecule has 5 heteroatoms. The molecule has 3 rings (SSSR count). The minimum absolute atomic E-state index is 0.0632. The number of hydrogen-bond donors (Lipinski definition) is 1. The summed E-state index contributed by atoms with van der Waals surface area (Å²) >= 11 is 0. The van der Waals surface area contributed by atoms with E-state index in [2.05, 4.69) is 0 Å². The molecule has 0 saturated carbocycles. The fourth-order valence-corrected chi connectivity index (χ4v) is 2.57. The zero-order chi connectivity index (χ0) is 15.9. The number of benzene rings is 2. The number of amides is 2. The van der Waals surface area contributed by atoms with Crippen molar-refractivity contribution in [2.45, 2.75) is 13.3 Å². The number of rotatable bonds is 3. The number of hydrogen-bond acceptors (Lipinski definition) is 3. The minimum atomic E-state index is -1.17. The van der Waals surface area contributed by atoms with Crippen LogP contribution in [0.3, 0.4) is 0 Å². The third kappa shape index (κ3) is 1.98. The molecule has 1 aliphatic heterocycles. The van der Waals surface area contributed by atoms with Gasteiger partial charge in [0.15, 0.2) is 0 Å². The van der Waals surface area contributed by atoms with Gasteiger partial charge in [-0.15, -0.1) is 0 Å². The molecule has 0 saturated heterocycles. The number of aryl methyl sites for hydroxylation is 1. The summed E-state index contributed by atoms with van der Waals surface area (Å²) in [5.74, 6) is -2.15. The SMILES string of the molecule is CCc1ccc(C(=O)O)c(N2C(=O)c3ccccc3C2=O)c1. The molecule has 2 aromatic rings. The summed E-state index contributed by atoms with van der Waals surface area (Å²) in [5, 5.41) is 9.33. The van der Waals surface area contributed by atoms with Crippen LogP contribution >= 0.6 is 0 Å². The Kier molecular flexibility index (Phi) is 3.25. The fourth-order valence-electron chi connectivity index (χ4n) is 2.57. The van der Waals surface area contributed by atoms with Gasteiger partial charge in [-0.1, -0.05) is 25.1 Å². The average molecular weight is 295 g/mol. The molecule has 2 amide bonds. The van der Waals surface area contributed by atoms with E-state index in [4.69, 9.17) is 0 Å². The van der Waals surface area contributed by atoms with Crippen LogP contribution in [-0.4, -0.2) is 22.9 Å². The van der Waals surface area contributed by atoms with Crippen LogP contribution < -0.4 is 4.90 Å². The first-order valence-corrected chi connectivity index (χ1v) is 6.88. The van der Waals surface area contributed by atoms with Gasteiger partial charge in [-0.05, 0) is 36.2 Å². The second-order valence-corrected chi connectivity index (χ2v) is 5.00. The second kappa shape index (κ2) is 5.11. The number of carboxylic acid groups (broad SMARTS) is 1. The molecule has 1 aliphatic rings. The molecular weight excluding hydrogens is 282 g/mol. The van der Waals surface area contributed by atoms with E-state index in [0.29, 0.717) is 17.5 Å². The van der Waals surface area contributed by atoms with Gasteiger partial charge in [-0.2, -0.15) is 0 Å². The molecule has 110 valence electrons. The Hall–Kier alpha value is -2.95. The van der Waals surface area contributed by atoms with Gasteiger partial charge in [-0.3, -0.25) is 9.59 Å². The van der Waals surface area contributed by atoms with Crippen molar-refractivity contribution in [3.05, 3.63) is 64.7 Å². The molecule has 5 nitrogen and oxygen atoms in total. The molecule has 0 aliphatic carbocycles. The Bertz CT molecular complexity index is 775. The van der Waals surface area contributed by atoms with Crippen molar-refractivity contribution in [2.75, 3.05) is 4.90 Å². The molecular formula is C17H13NO4. The van der Waals surface area contributed by atoms with Crippen molar-refractivity contribution < 1.29 is 19.5 Å². The lowest BCUT2D eigenvalue weighted by atomic mass is 10.1. The van der Waals surface area contributed by atoms with Gasteiger partial charge in [0.05, 0.1) is 22.4 Å². The van der Waals surface area contributed by atoms with Crippen LogP contribution in [0.15, 0.2) is 42.5 Å². The van der Waals surface area contributed by atoms with Crippen LogP contribution in [-0.2, 0) is 6.42 Å². The maximum Gasteiger partial charge on any atom is 0.337 e. The second-order valence-electron chi connectivity index (χ2n) is 5.00. The number of nitrogens with zero attached hydrogens (tertiary/aromatic N) is 1. The Morgan fingerprint density at radius 3 is 2.14 bits per heavy atom. The number of aromatic carboxylic acids is 1. The topological polar surface area (TPSA) is 74.7 Å². The maximum absolute atomic E-state index is 12.5. The first kappa shape index (κ1) is 14.0. The Balaban J connectivity index is 2.19. The predicted octanol–water partition coefficient (Wildman–Crippen LogP) is 2.75. The number of anilines is 1. The van der Waals surface area contributed by atoms with Crippen LogP contribution in [0.4, 0.5) is 5.69 Å². The highest BCUT2D eigenvalue weighted by molar-refractivity contribution is 6.35. The average Bonchev–Trinajstić information content (AvgIpc) is 2.78. The van der Waals surface area contributed by atoms with Crippen molar-refractivity contribution in [3.63, 3.8) is 0 Å². The summed E-state index contributed by atoms with van der Waals surface area (Å²) in [6, 6.07) is 11.2. The molecule has 1 N–H and O–H groups in total. The van der Waals surface area contributed by atoms with Gasteiger partial charge in [-0.25, -0.2) is 9.69 Å². The highest BCUT2D eigenvalue weighted by atomic mass is 16.4. The van der Waals surface area contributed by atoms with Crippen LogP contribution in [0.5, 0.6) is 0 Å². The van der Waals surface area contributed by atoms with E-state index in [1.807, 2.05) is 6.92 Å². The number of carbonyl (C=O) groups excluding carboxylic acids is 2. The smallest absolute Gasteiger partial charge is 0.337 e. The standard InChI is InChI=1S/C17H13NO4/c1-2-10-7-8-13(17(21)22)14(9-10)18-15(19)11-5-3-4-6-12(11)16(18)20/h3-9H,2H2,1H3,(H,21,22). The first-order chi connectivity index (χ1) is 10.5. The first-order valence-electron chi connectivity index (χ1n) is 6.88. The molecule has 0 atom stereocenters. The zero-order valence-electron chi connectivity index (χ0n) is 11.9. The molecule has 2 aromatic carbocycles. The number of imide groups is 1. The Morgan fingerprint density at radius 2 is 1.64 bits per heavy atom. The summed E-state index contributed by atoms with van der Waals surface area (Å²) in [6.45, 7) is 1.92.